The number of hydrogen-bond acceptors (Lipinski definition) is 5. The van der Waals surface area contributed by atoms with Gasteiger partial charge in [0.15, 0.2) is 9.84 Å². The smallest absolute Gasteiger partial charge is 0.234 e. The van der Waals surface area contributed by atoms with Gasteiger partial charge in [-0.05, 0) is 58.9 Å². The number of amides is 1. The van der Waals surface area contributed by atoms with Gasteiger partial charge in [-0.3, -0.25) is 14.4 Å². The van der Waals surface area contributed by atoms with Gasteiger partial charge >= 0.3 is 0 Å². The average Bonchev–Trinajstić information content (AvgIpc) is 3.10. The van der Waals surface area contributed by atoms with E-state index in [9.17, 15) is 13.2 Å². The topological polar surface area (TPSA) is 84.3 Å². The van der Waals surface area contributed by atoms with Crippen LogP contribution in [0.1, 0.15) is 62.0 Å². The molecule has 158 valence electrons. The standard InChI is InChI=1S/C20H34N4O3S/c1-14-5-7-17(8-6-14)21-20(25)12-23(4)11-19-15(2)22-24(16(19)3)18-9-10-28(26,27)13-18/h14,17-18H,5-13H2,1-4H3,(H,21,25)/t14?,17?,18-/m1/s1. The van der Waals surface area contributed by atoms with Gasteiger partial charge in [-0.25, -0.2) is 8.42 Å². The van der Waals surface area contributed by atoms with Crippen molar-refractivity contribution in [1.82, 2.24) is 20.0 Å². The van der Waals surface area contributed by atoms with Crippen LogP contribution in [-0.2, 0) is 21.2 Å². The highest BCUT2D eigenvalue weighted by Gasteiger charge is 2.31. The number of carbonyl (C=O) groups is 1. The van der Waals surface area contributed by atoms with Crippen LogP contribution >= 0.6 is 0 Å². The lowest BCUT2D eigenvalue weighted by Crippen LogP contribution is -2.42. The Bertz CT molecular complexity index is 810. The molecule has 3 rings (SSSR count). The molecule has 1 aliphatic carbocycles. The molecule has 7 nitrogen and oxygen atoms in total. The normalized spacial score (nSPS) is 27.2. The van der Waals surface area contributed by atoms with E-state index >= 15 is 0 Å². The zero-order chi connectivity index (χ0) is 20.5. The molecule has 0 radical (unpaired) electrons. The van der Waals surface area contributed by atoms with Crippen molar-refractivity contribution in [3.8, 4) is 0 Å². The molecule has 1 saturated heterocycles. The molecule has 2 fully saturated rings. The maximum absolute atomic E-state index is 12.4. The number of carbonyl (C=O) groups excluding carboxylic acids is 1. The number of likely N-dealkylation sites (N-methyl/N-ethyl adjacent to an activating group) is 1. The van der Waals surface area contributed by atoms with Crippen molar-refractivity contribution in [3.63, 3.8) is 0 Å². The third kappa shape index (κ3) is 5.14. The van der Waals surface area contributed by atoms with Crippen molar-refractivity contribution in [3.05, 3.63) is 17.0 Å². The van der Waals surface area contributed by atoms with Crippen LogP contribution in [0.15, 0.2) is 0 Å². The second-order valence-electron chi connectivity index (χ2n) is 8.85. The van der Waals surface area contributed by atoms with Crippen LogP contribution in [0.2, 0.25) is 0 Å². The molecule has 1 saturated carbocycles. The van der Waals surface area contributed by atoms with E-state index < -0.39 is 9.84 Å². The number of nitrogens with zero attached hydrogens (tertiary/aromatic N) is 3. The first kappa shape index (κ1) is 21.3. The van der Waals surface area contributed by atoms with Gasteiger partial charge in [-0.15, -0.1) is 0 Å². The van der Waals surface area contributed by atoms with Crippen molar-refractivity contribution >= 4 is 15.7 Å². The van der Waals surface area contributed by atoms with E-state index in [4.69, 9.17) is 0 Å². The number of aryl methyl sites for hydroxylation is 1. The van der Waals surface area contributed by atoms with Crippen molar-refractivity contribution < 1.29 is 13.2 Å². The first-order valence-electron chi connectivity index (χ1n) is 10.4. The van der Waals surface area contributed by atoms with Crippen LogP contribution in [0.3, 0.4) is 0 Å². The Balaban J connectivity index is 1.56. The molecule has 0 aromatic carbocycles. The molecule has 8 heteroatoms. The van der Waals surface area contributed by atoms with E-state index in [-0.39, 0.29) is 23.5 Å². The van der Waals surface area contributed by atoms with E-state index in [0.717, 1.165) is 35.7 Å². The maximum atomic E-state index is 12.4. The van der Waals surface area contributed by atoms with Gasteiger partial charge in [0, 0.05) is 23.8 Å². The summed E-state index contributed by atoms with van der Waals surface area (Å²) in [6, 6.07) is 0.243. The van der Waals surface area contributed by atoms with E-state index in [1.165, 1.54) is 12.8 Å². The Kier molecular flexibility index (Phi) is 6.49. The van der Waals surface area contributed by atoms with Gasteiger partial charge in [0.1, 0.15) is 0 Å². The number of nitrogens with one attached hydrogen (secondary N) is 1. The molecule has 0 bridgehead atoms. The lowest BCUT2D eigenvalue weighted by atomic mass is 9.87. The molecule has 1 atom stereocenters. The molecule has 1 aliphatic heterocycles. The maximum Gasteiger partial charge on any atom is 0.234 e. The molecule has 1 amide bonds. The Morgan fingerprint density at radius 1 is 1.21 bits per heavy atom. The zero-order valence-corrected chi connectivity index (χ0v) is 18.4. The summed E-state index contributed by atoms with van der Waals surface area (Å²) in [6.45, 7) is 7.22. The second kappa shape index (κ2) is 8.53. The van der Waals surface area contributed by atoms with E-state index in [1.807, 2.05) is 30.5 Å². The van der Waals surface area contributed by atoms with Gasteiger partial charge < -0.3 is 5.32 Å². The first-order valence-corrected chi connectivity index (χ1v) is 12.2. The predicted molar refractivity (Wildman–Crippen MR) is 110 cm³/mol. The SMILES string of the molecule is Cc1nn([C@@H]2CCS(=O)(=O)C2)c(C)c1CN(C)CC(=O)NC1CCC(C)CC1. The summed E-state index contributed by atoms with van der Waals surface area (Å²) < 4.78 is 25.5. The average molecular weight is 411 g/mol. The van der Waals surface area contributed by atoms with Crippen molar-refractivity contribution in [1.29, 1.82) is 0 Å². The van der Waals surface area contributed by atoms with E-state index in [1.54, 1.807) is 0 Å². The Morgan fingerprint density at radius 2 is 1.89 bits per heavy atom. The summed E-state index contributed by atoms with van der Waals surface area (Å²) in [4.78, 5) is 14.4. The minimum absolute atomic E-state index is 0.0697. The predicted octanol–water partition coefficient (Wildman–Crippen LogP) is 1.99. The van der Waals surface area contributed by atoms with Crippen LogP contribution in [0, 0.1) is 19.8 Å². The van der Waals surface area contributed by atoms with Crippen molar-refractivity contribution in [2.45, 2.75) is 71.5 Å². The van der Waals surface area contributed by atoms with Gasteiger partial charge in [-0.2, -0.15) is 5.10 Å². The highest BCUT2D eigenvalue weighted by atomic mass is 32.2. The molecular formula is C20H34N4O3S. The highest BCUT2D eigenvalue weighted by Crippen LogP contribution is 2.27. The fourth-order valence-corrected chi connectivity index (χ4v) is 6.19. The minimum atomic E-state index is -2.94. The Morgan fingerprint density at radius 3 is 2.50 bits per heavy atom. The molecule has 1 N–H and O–H groups in total. The monoisotopic (exact) mass is 410 g/mol. The summed E-state index contributed by atoms with van der Waals surface area (Å²) in [5.74, 6) is 1.26. The fourth-order valence-electron chi connectivity index (χ4n) is 4.50. The minimum Gasteiger partial charge on any atom is -0.352 e. The van der Waals surface area contributed by atoms with Crippen LogP contribution in [-0.4, -0.2) is 60.1 Å². The van der Waals surface area contributed by atoms with Gasteiger partial charge in [0.05, 0.1) is 29.8 Å². The fraction of sp³-hybridized carbons (Fsp3) is 0.800. The van der Waals surface area contributed by atoms with Crippen LogP contribution in [0.4, 0.5) is 0 Å². The Labute approximate surface area is 168 Å². The molecule has 0 unspecified atom stereocenters. The summed E-state index contributed by atoms with van der Waals surface area (Å²) >= 11 is 0. The Hall–Kier alpha value is -1.41. The molecule has 28 heavy (non-hydrogen) atoms. The van der Waals surface area contributed by atoms with Gasteiger partial charge in [0.25, 0.3) is 0 Å². The lowest BCUT2D eigenvalue weighted by Gasteiger charge is -2.27. The summed E-state index contributed by atoms with van der Waals surface area (Å²) in [6.07, 6.45) is 5.16. The largest absolute Gasteiger partial charge is 0.352 e. The first-order chi connectivity index (χ1) is 13.1. The van der Waals surface area contributed by atoms with E-state index in [0.29, 0.717) is 25.6 Å². The van der Waals surface area contributed by atoms with Gasteiger partial charge in [0.2, 0.25) is 5.91 Å². The molecule has 2 aliphatic rings. The zero-order valence-electron chi connectivity index (χ0n) is 17.6. The number of rotatable bonds is 6. The molecular weight excluding hydrogens is 376 g/mol. The molecule has 0 spiro atoms. The quantitative estimate of drug-likeness (QED) is 0.775. The van der Waals surface area contributed by atoms with Crippen LogP contribution < -0.4 is 5.32 Å². The van der Waals surface area contributed by atoms with Crippen molar-refractivity contribution in [2.24, 2.45) is 5.92 Å². The van der Waals surface area contributed by atoms with Crippen molar-refractivity contribution in [2.75, 3.05) is 25.1 Å². The number of sulfone groups is 1. The third-order valence-electron chi connectivity index (χ3n) is 6.25. The summed E-state index contributed by atoms with van der Waals surface area (Å²) in [5.41, 5.74) is 3.01. The highest BCUT2D eigenvalue weighted by molar-refractivity contribution is 7.91. The van der Waals surface area contributed by atoms with E-state index in [2.05, 4.69) is 17.3 Å². The lowest BCUT2D eigenvalue weighted by molar-refractivity contribution is -0.123. The van der Waals surface area contributed by atoms with Crippen LogP contribution in [0.25, 0.3) is 0 Å². The molecule has 1 aromatic heterocycles. The third-order valence-corrected chi connectivity index (χ3v) is 8.00. The van der Waals surface area contributed by atoms with Gasteiger partial charge in [-0.1, -0.05) is 6.92 Å². The second-order valence-corrected chi connectivity index (χ2v) is 11.1. The summed E-state index contributed by atoms with van der Waals surface area (Å²) in [7, 11) is -1.00. The molecule has 2 heterocycles. The molecule has 1 aromatic rings. The summed E-state index contributed by atoms with van der Waals surface area (Å²) in [5, 5.41) is 7.79. The number of aromatic nitrogens is 2. The van der Waals surface area contributed by atoms with Crippen LogP contribution in [0.5, 0.6) is 0 Å². The number of hydrogen-bond donors (Lipinski definition) is 1.